The number of hydrogen-bond donors (Lipinski definition) is 2. The molecule has 0 aliphatic heterocycles. The van der Waals surface area contributed by atoms with Crippen molar-refractivity contribution in [1.29, 1.82) is 0 Å². The van der Waals surface area contributed by atoms with Crippen LogP contribution >= 0.6 is 0 Å². The van der Waals surface area contributed by atoms with Gasteiger partial charge in [-0.1, -0.05) is 0 Å². The van der Waals surface area contributed by atoms with E-state index >= 15 is 0 Å². The summed E-state index contributed by atoms with van der Waals surface area (Å²) in [6.07, 6.45) is -4.15. The summed E-state index contributed by atoms with van der Waals surface area (Å²) < 4.78 is 43.4. The number of alkyl halides is 3. The lowest BCUT2D eigenvalue weighted by Gasteiger charge is -2.21. The Balaban J connectivity index is 2.18. The van der Waals surface area contributed by atoms with Gasteiger partial charge >= 0.3 is 6.18 Å². The molecule has 1 fully saturated rings. The van der Waals surface area contributed by atoms with Gasteiger partial charge in [-0.25, -0.2) is 0 Å². The van der Waals surface area contributed by atoms with Gasteiger partial charge in [-0.2, -0.15) is 18.2 Å². The topological polar surface area (TPSA) is 60.2 Å². The van der Waals surface area contributed by atoms with Crippen molar-refractivity contribution in [3.63, 3.8) is 0 Å². The highest BCUT2D eigenvalue weighted by atomic mass is 19.4. The zero-order valence-corrected chi connectivity index (χ0v) is 9.84. The van der Waals surface area contributed by atoms with Crippen LogP contribution in [0.15, 0.2) is 12.1 Å². The largest absolute Gasteiger partial charge is 0.476 e. The molecule has 4 nitrogen and oxygen atoms in total. The van der Waals surface area contributed by atoms with E-state index < -0.39 is 11.7 Å². The van der Waals surface area contributed by atoms with Gasteiger partial charge in [-0.15, -0.1) is 0 Å². The second kappa shape index (κ2) is 4.22. The number of halogens is 3. The molecule has 1 aliphatic carbocycles. The quantitative estimate of drug-likeness (QED) is 0.874. The average Bonchev–Trinajstić information content (AvgIpc) is 3.04. The summed E-state index contributed by atoms with van der Waals surface area (Å²) in [5.74, 6) is 0.281. The van der Waals surface area contributed by atoms with E-state index in [-0.39, 0.29) is 24.5 Å². The number of nitrogens with two attached hydrogens (primary N) is 1. The highest BCUT2D eigenvalue weighted by molar-refractivity contribution is 5.55. The molecule has 18 heavy (non-hydrogen) atoms. The fourth-order valence-corrected chi connectivity index (χ4v) is 1.62. The number of nitrogen functional groups attached to an aromatic ring is 1. The third-order valence-electron chi connectivity index (χ3n) is 2.83. The van der Waals surface area contributed by atoms with Crippen molar-refractivity contribution < 1.29 is 17.9 Å². The number of pyridine rings is 1. The molecule has 0 aromatic carbocycles. The van der Waals surface area contributed by atoms with Gasteiger partial charge in [0.2, 0.25) is 5.88 Å². The summed E-state index contributed by atoms with van der Waals surface area (Å²) in [6.45, 7) is 2.10. The van der Waals surface area contributed by atoms with Crippen LogP contribution < -0.4 is 15.8 Å². The van der Waals surface area contributed by atoms with Crippen molar-refractivity contribution in [2.75, 3.05) is 17.7 Å². The lowest BCUT2D eigenvalue weighted by molar-refractivity contribution is -0.151. The Morgan fingerprint density at radius 1 is 1.44 bits per heavy atom. The monoisotopic (exact) mass is 261 g/mol. The van der Waals surface area contributed by atoms with Gasteiger partial charge in [0.15, 0.2) is 0 Å². The summed E-state index contributed by atoms with van der Waals surface area (Å²) in [5, 5.41) is 2.42. The maximum Gasteiger partial charge on any atom is 0.411 e. The summed E-state index contributed by atoms with van der Waals surface area (Å²) in [7, 11) is 0. The Morgan fingerprint density at radius 3 is 2.61 bits per heavy atom. The Bertz CT molecular complexity index is 444. The van der Waals surface area contributed by atoms with E-state index in [9.17, 15) is 13.2 Å². The molecule has 1 aromatic rings. The van der Waals surface area contributed by atoms with Crippen molar-refractivity contribution in [2.24, 2.45) is 0 Å². The minimum absolute atomic E-state index is 0.0620. The van der Waals surface area contributed by atoms with Crippen LogP contribution in [0.5, 0.6) is 5.88 Å². The van der Waals surface area contributed by atoms with Gasteiger partial charge in [0.05, 0.1) is 12.3 Å². The Morgan fingerprint density at radius 2 is 2.11 bits per heavy atom. The van der Waals surface area contributed by atoms with Crippen molar-refractivity contribution in [2.45, 2.75) is 31.5 Å². The van der Waals surface area contributed by atoms with E-state index in [4.69, 9.17) is 10.5 Å². The van der Waals surface area contributed by atoms with Gasteiger partial charge < -0.3 is 15.8 Å². The van der Waals surface area contributed by atoms with Crippen LogP contribution in [0.4, 0.5) is 24.7 Å². The minimum Gasteiger partial charge on any atom is -0.476 e. The maximum absolute atomic E-state index is 12.8. The molecule has 0 amide bonds. The first-order valence-corrected chi connectivity index (χ1v) is 5.62. The van der Waals surface area contributed by atoms with Gasteiger partial charge in [0.1, 0.15) is 11.4 Å². The Labute approximate surface area is 102 Å². The normalized spacial score (nSPS) is 17.3. The first-order chi connectivity index (χ1) is 8.38. The summed E-state index contributed by atoms with van der Waals surface area (Å²) in [5.41, 5.74) is 4.07. The summed E-state index contributed by atoms with van der Waals surface area (Å²) in [6, 6.07) is 2.90. The number of rotatable bonds is 4. The summed E-state index contributed by atoms with van der Waals surface area (Å²) >= 11 is 0. The Kier molecular flexibility index (Phi) is 3.00. The van der Waals surface area contributed by atoms with E-state index in [2.05, 4.69) is 10.3 Å². The highest BCUT2D eigenvalue weighted by Gasteiger charge is 2.63. The minimum atomic E-state index is -4.28. The molecule has 1 heterocycles. The molecule has 0 unspecified atom stereocenters. The van der Waals surface area contributed by atoms with E-state index in [1.807, 2.05) is 0 Å². The number of hydrogen-bond acceptors (Lipinski definition) is 4. The van der Waals surface area contributed by atoms with Crippen molar-refractivity contribution in [3.8, 4) is 5.88 Å². The average molecular weight is 261 g/mol. The zero-order valence-electron chi connectivity index (χ0n) is 9.84. The van der Waals surface area contributed by atoms with Crippen LogP contribution in [0.25, 0.3) is 0 Å². The maximum atomic E-state index is 12.8. The standard InChI is InChI=1S/C11H14F3N3O/c1-2-18-9-7(15)3-4-8(16-9)17-10(5-6-10)11(12,13)14/h3-4H,2,5-6,15H2,1H3,(H,16,17). The summed E-state index contributed by atoms with van der Waals surface area (Å²) in [4.78, 5) is 3.94. The molecule has 7 heteroatoms. The third kappa shape index (κ3) is 2.30. The first-order valence-electron chi connectivity index (χ1n) is 5.62. The van der Waals surface area contributed by atoms with E-state index in [1.165, 1.54) is 12.1 Å². The molecule has 0 bridgehead atoms. The molecule has 3 N–H and O–H groups in total. The third-order valence-corrected chi connectivity index (χ3v) is 2.83. The second-order valence-electron chi connectivity index (χ2n) is 4.23. The number of nitrogens with one attached hydrogen (secondary N) is 1. The number of anilines is 2. The molecule has 0 atom stereocenters. The molecule has 1 aliphatic rings. The van der Waals surface area contributed by atoms with Crippen LogP contribution in [0, 0.1) is 0 Å². The van der Waals surface area contributed by atoms with Crippen molar-refractivity contribution in [1.82, 2.24) is 4.98 Å². The Hall–Kier alpha value is -1.66. The smallest absolute Gasteiger partial charge is 0.411 e. The van der Waals surface area contributed by atoms with E-state index in [0.717, 1.165) is 0 Å². The molecule has 0 saturated heterocycles. The second-order valence-corrected chi connectivity index (χ2v) is 4.23. The predicted octanol–water partition coefficient (Wildman–Crippen LogP) is 2.57. The van der Waals surface area contributed by atoms with Gasteiger partial charge in [-0.05, 0) is 31.9 Å². The molecule has 0 radical (unpaired) electrons. The van der Waals surface area contributed by atoms with Gasteiger partial charge in [0.25, 0.3) is 0 Å². The van der Waals surface area contributed by atoms with Crippen molar-refractivity contribution >= 4 is 11.5 Å². The molecule has 100 valence electrons. The number of aromatic nitrogens is 1. The van der Waals surface area contributed by atoms with Gasteiger partial charge in [0, 0.05) is 0 Å². The molecular formula is C11H14F3N3O. The lowest BCUT2D eigenvalue weighted by atomic mass is 10.2. The molecule has 0 spiro atoms. The molecule has 1 saturated carbocycles. The van der Waals surface area contributed by atoms with Crippen LogP contribution in [-0.2, 0) is 0 Å². The zero-order chi connectivity index (χ0) is 13.4. The number of ether oxygens (including phenoxy) is 1. The van der Waals surface area contributed by atoms with Crippen molar-refractivity contribution in [3.05, 3.63) is 12.1 Å². The van der Waals surface area contributed by atoms with Crippen LogP contribution in [0.3, 0.4) is 0 Å². The lowest BCUT2D eigenvalue weighted by Crippen LogP contribution is -2.38. The van der Waals surface area contributed by atoms with Crippen LogP contribution in [0.1, 0.15) is 19.8 Å². The van der Waals surface area contributed by atoms with Crippen LogP contribution in [0.2, 0.25) is 0 Å². The SMILES string of the molecule is CCOc1nc(NC2(C(F)(F)F)CC2)ccc1N. The highest BCUT2D eigenvalue weighted by Crippen LogP contribution is 2.51. The molecule has 1 aromatic heterocycles. The van der Waals surface area contributed by atoms with E-state index in [0.29, 0.717) is 12.3 Å². The van der Waals surface area contributed by atoms with E-state index in [1.54, 1.807) is 6.92 Å². The first kappa shape index (κ1) is 12.8. The fraction of sp³-hybridized carbons (Fsp3) is 0.545. The number of nitrogens with zero attached hydrogens (tertiary/aromatic N) is 1. The van der Waals surface area contributed by atoms with Gasteiger partial charge in [-0.3, -0.25) is 0 Å². The molecule has 2 rings (SSSR count). The predicted molar refractivity (Wildman–Crippen MR) is 61.5 cm³/mol. The molecular weight excluding hydrogens is 247 g/mol. The fourth-order valence-electron chi connectivity index (χ4n) is 1.62. The van der Waals surface area contributed by atoms with Crippen LogP contribution in [-0.4, -0.2) is 23.3 Å².